The van der Waals surface area contributed by atoms with Crippen LogP contribution in [-0.4, -0.2) is 35.8 Å². The number of carbonyl (C=O) groups is 2. The molecule has 6 heteroatoms. The van der Waals surface area contributed by atoms with Crippen LogP contribution in [-0.2, 0) is 4.79 Å². The fourth-order valence-electron chi connectivity index (χ4n) is 1.64. The van der Waals surface area contributed by atoms with Crippen molar-refractivity contribution < 1.29 is 9.59 Å². The third kappa shape index (κ3) is 4.85. The van der Waals surface area contributed by atoms with Gasteiger partial charge in [0.2, 0.25) is 5.91 Å². The zero-order valence-corrected chi connectivity index (χ0v) is 13.7. The molecular formula is C14H20BrN3O2. The van der Waals surface area contributed by atoms with Crippen LogP contribution < -0.4 is 11.1 Å². The van der Waals surface area contributed by atoms with Crippen LogP contribution in [0.5, 0.6) is 0 Å². The second-order valence-corrected chi connectivity index (χ2v) is 6.55. The van der Waals surface area contributed by atoms with Crippen LogP contribution in [0, 0.1) is 0 Å². The third-order valence-corrected chi connectivity index (χ3v) is 3.21. The number of nitrogens with one attached hydrogen (secondary N) is 1. The first kappa shape index (κ1) is 16.5. The van der Waals surface area contributed by atoms with Crippen molar-refractivity contribution in [3.63, 3.8) is 0 Å². The molecule has 1 aromatic rings. The highest BCUT2D eigenvalue weighted by molar-refractivity contribution is 9.10. The minimum Gasteiger partial charge on any atom is -0.398 e. The fraction of sp³-hybridized carbons (Fsp3) is 0.429. The maximum absolute atomic E-state index is 12.2. The Balaban J connectivity index is 2.72. The van der Waals surface area contributed by atoms with E-state index in [1.54, 1.807) is 25.2 Å². The van der Waals surface area contributed by atoms with Gasteiger partial charge in [0.15, 0.2) is 0 Å². The molecule has 0 radical (unpaired) electrons. The van der Waals surface area contributed by atoms with Crippen molar-refractivity contribution in [3.8, 4) is 0 Å². The number of halogens is 1. The molecule has 1 rings (SSSR count). The van der Waals surface area contributed by atoms with Gasteiger partial charge in [-0.25, -0.2) is 0 Å². The van der Waals surface area contributed by atoms with E-state index < -0.39 is 0 Å². The number of hydrogen-bond donors (Lipinski definition) is 2. The lowest BCUT2D eigenvalue weighted by Gasteiger charge is -2.23. The Morgan fingerprint density at radius 2 is 1.95 bits per heavy atom. The lowest BCUT2D eigenvalue weighted by molar-refractivity contribution is -0.122. The second kappa shape index (κ2) is 6.26. The largest absolute Gasteiger partial charge is 0.398 e. The number of rotatable bonds is 3. The number of benzene rings is 1. The van der Waals surface area contributed by atoms with Crippen molar-refractivity contribution in [2.75, 3.05) is 19.3 Å². The van der Waals surface area contributed by atoms with Crippen LogP contribution in [0.1, 0.15) is 31.1 Å². The molecule has 110 valence electrons. The van der Waals surface area contributed by atoms with Crippen LogP contribution in [0.4, 0.5) is 5.69 Å². The molecule has 0 aliphatic carbocycles. The van der Waals surface area contributed by atoms with Gasteiger partial charge in [-0.2, -0.15) is 0 Å². The van der Waals surface area contributed by atoms with Crippen LogP contribution in [0.15, 0.2) is 22.7 Å². The van der Waals surface area contributed by atoms with Gasteiger partial charge in [-0.05, 0) is 54.9 Å². The topological polar surface area (TPSA) is 75.4 Å². The maximum Gasteiger partial charge on any atom is 0.254 e. The van der Waals surface area contributed by atoms with E-state index in [0.29, 0.717) is 11.3 Å². The zero-order valence-electron chi connectivity index (χ0n) is 12.2. The van der Waals surface area contributed by atoms with E-state index in [-0.39, 0.29) is 23.9 Å². The van der Waals surface area contributed by atoms with Crippen molar-refractivity contribution in [3.05, 3.63) is 28.2 Å². The van der Waals surface area contributed by atoms with E-state index in [0.717, 1.165) is 4.47 Å². The average molecular weight is 342 g/mol. The molecule has 5 nitrogen and oxygen atoms in total. The van der Waals surface area contributed by atoms with Crippen LogP contribution in [0.2, 0.25) is 0 Å². The minimum atomic E-state index is -0.316. The van der Waals surface area contributed by atoms with Gasteiger partial charge < -0.3 is 16.0 Å². The zero-order chi connectivity index (χ0) is 15.5. The summed E-state index contributed by atoms with van der Waals surface area (Å²) in [6.07, 6.45) is 0. The summed E-state index contributed by atoms with van der Waals surface area (Å²) in [5, 5.41) is 2.81. The van der Waals surface area contributed by atoms with Crippen LogP contribution in [0.3, 0.4) is 0 Å². The Hall–Kier alpha value is -1.56. The van der Waals surface area contributed by atoms with E-state index >= 15 is 0 Å². The monoisotopic (exact) mass is 341 g/mol. The van der Waals surface area contributed by atoms with Crippen LogP contribution in [0.25, 0.3) is 0 Å². The highest BCUT2D eigenvalue weighted by Gasteiger charge is 2.19. The van der Waals surface area contributed by atoms with Crippen molar-refractivity contribution in [1.82, 2.24) is 10.2 Å². The Kier molecular flexibility index (Phi) is 5.16. The second-order valence-electron chi connectivity index (χ2n) is 5.70. The van der Waals surface area contributed by atoms with E-state index in [9.17, 15) is 9.59 Å². The molecule has 0 spiro atoms. The highest BCUT2D eigenvalue weighted by atomic mass is 79.9. The molecule has 0 fully saturated rings. The smallest absolute Gasteiger partial charge is 0.254 e. The van der Waals surface area contributed by atoms with Gasteiger partial charge in [-0.1, -0.05) is 0 Å². The number of anilines is 1. The van der Waals surface area contributed by atoms with Gasteiger partial charge in [-0.3, -0.25) is 9.59 Å². The number of carbonyl (C=O) groups excluding carboxylic acids is 2. The summed E-state index contributed by atoms with van der Waals surface area (Å²) in [5.41, 5.74) is 6.37. The molecule has 3 N–H and O–H groups in total. The van der Waals surface area contributed by atoms with Crippen LogP contribution >= 0.6 is 15.9 Å². The van der Waals surface area contributed by atoms with E-state index in [1.165, 1.54) is 4.90 Å². The Labute approximate surface area is 127 Å². The molecule has 0 aromatic heterocycles. The first-order valence-electron chi connectivity index (χ1n) is 6.21. The number of amides is 2. The molecule has 0 saturated heterocycles. The number of nitrogen functional groups attached to an aromatic ring is 1. The molecule has 0 heterocycles. The predicted molar refractivity (Wildman–Crippen MR) is 83.4 cm³/mol. The van der Waals surface area contributed by atoms with E-state index in [4.69, 9.17) is 5.73 Å². The first-order valence-corrected chi connectivity index (χ1v) is 7.01. The molecule has 0 aliphatic heterocycles. The lowest BCUT2D eigenvalue weighted by Crippen LogP contribution is -2.46. The molecule has 1 aromatic carbocycles. The molecule has 0 bridgehead atoms. The maximum atomic E-state index is 12.2. The summed E-state index contributed by atoms with van der Waals surface area (Å²) in [4.78, 5) is 25.3. The normalized spacial score (nSPS) is 11.1. The molecule has 0 aliphatic rings. The SMILES string of the molecule is CN(CC(=O)NC(C)(C)C)C(=O)c1ccc(Br)c(N)c1. The molecular weight excluding hydrogens is 322 g/mol. The molecule has 2 amide bonds. The number of likely N-dealkylation sites (N-methyl/N-ethyl adjacent to an activating group) is 1. The van der Waals surface area contributed by atoms with E-state index in [1.807, 2.05) is 20.8 Å². The Morgan fingerprint density at radius 3 is 2.45 bits per heavy atom. The number of hydrogen-bond acceptors (Lipinski definition) is 3. The Morgan fingerprint density at radius 1 is 1.35 bits per heavy atom. The third-order valence-electron chi connectivity index (χ3n) is 2.48. The minimum absolute atomic E-state index is 0.00602. The molecule has 0 atom stereocenters. The quantitative estimate of drug-likeness (QED) is 0.826. The van der Waals surface area contributed by atoms with Gasteiger partial charge in [0.05, 0.1) is 6.54 Å². The number of nitrogens with two attached hydrogens (primary N) is 1. The summed E-state index contributed by atoms with van der Waals surface area (Å²) in [6, 6.07) is 4.97. The van der Waals surface area contributed by atoms with Gasteiger partial charge in [0.1, 0.15) is 0 Å². The van der Waals surface area contributed by atoms with E-state index in [2.05, 4.69) is 21.2 Å². The first-order chi connectivity index (χ1) is 9.10. The predicted octanol–water partition coefficient (Wildman–Crippen LogP) is 2.02. The fourth-order valence-corrected chi connectivity index (χ4v) is 1.89. The summed E-state index contributed by atoms with van der Waals surface area (Å²) in [5.74, 6) is -0.438. The van der Waals surface area contributed by atoms with Crippen molar-refractivity contribution in [1.29, 1.82) is 0 Å². The number of nitrogens with zero attached hydrogens (tertiary/aromatic N) is 1. The van der Waals surface area contributed by atoms with Gasteiger partial charge in [-0.15, -0.1) is 0 Å². The molecule has 20 heavy (non-hydrogen) atoms. The van der Waals surface area contributed by atoms with Crippen molar-refractivity contribution >= 4 is 33.4 Å². The highest BCUT2D eigenvalue weighted by Crippen LogP contribution is 2.20. The summed E-state index contributed by atoms with van der Waals surface area (Å²) < 4.78 is 0.738. The standard InChI is InChI=1S/C14H20BrN3O2/c1-14(2,3)17-12(19)8-18(4)13(20)9-5-6-10(15)11(16)7-9/h5-7H,8,16H2,1-4H3,(H,17,19). The average Bonchev–Trinajstić information content (AvgIpc) is 2.29. The van der Waals surface area contributed by atoms with Gasteiger partial charge in [0, 0.05) is 28.3 Å². The van der Waals surface area contributed by atoms with Gasteiger partial charge in [0.25, 0.3) is 5.91 Å². The molecule has 0 unspecified atom stereocenters. The Bertz CT molecular complexity index is 524. The lowest BCUT2D eigenvalue weighted by atomic mass is 10.1. The van der Waals surface area contributed by atoms with Gasteiger partial charge >= 0.3 is 0 Å². The van der Waals surface area contributed by atoms with Crippen molar-refractivity contribution in [2.45, 2.75) is 26.3 Å². The van der Waals surface area contributed by atoms with Crippen molar-refractivity contribution in [2.24, 2.45) is 0 Å². The summed E-state index contributed by atoms with van der Waals surface area (Å²) in [7, 11) is 1.59. The molecule has 0 saturated carbocycles. The summed E-state index contributed by atoms with van der Waals surface area (Å²) in [6.45, 7) is 5.68. The summed E-state index contributed by atoms with van der Waals surface area (Å²) >= 11 is 3.27.